The Morgan fingerprint density at radius 2 is 1.35 bits per heavy atom. The molecule has 7 heterocycles. The lowest BCUT2D eigenvalue weighted by Gasteiger charge is -2.27. The van der Waals surface area contributed by atoms with Crippen LogP contribution in [0.2, 0.25) is 0 Å². The van der Waals surface area contributed by atoms with Crippen molar-refractivity contribution in [3.8, 4) is 11.4 Å². The van der Waals surface area contributed by atoms with Crippen LogP contribution in [0.3, 0.4) is 0 Å². The Morgan fingerprint density at radius 3 is 2.03 bits per heavy atom. The number of hydrogen-bond acceptors (Lipinski definition) is 12. The van der Waals surface area contributed by atoms with Gasteiger partial charge in [0.05, 0.1) is 25.8 Å². The van der Waals surface area contributed by atoms with E-state index in [1.807, 2.05) is 19.9 Å². The van der Waals surface area contributed by atoms with Crippen LogP contribution in [-0.2, 0) is 17.8 Å². The average molecular weight is 989 g/mol. The lowest BCUT2D eigenvalue weighted by molar-refractivity contribution is 0.0364. The van der Waals surface area contributed by atoms with E-state index in [1.54, 1.807) is 85.1 Å². The van der Waals surface area contributed by atoms with Crippen LogP contribution in [0.1, 0.15) is 91.5 Å². The molecule has 1 saturated heterocycles. The first-order chi connectivity index (χ1) is 33.0. The predicted octanol–water partition coefficient (Wildman–Crippen LogP) is 7.15. The minimum absolute atomic E-state index is 0.0303. The van der Waals surface area contributed by atoms with Gasteiger partial charge < -0.3 is 15.4 Å². The van der Waals surface area contributed by atoms with Crippen molar-refractivity contribution in [1.29, 1.82) is 0 Å². The number of amides is 2. The molecule has 16 nitrogen and oxygen atoms in total. The SMILES string of the molecule is CC.CC(NC(=O)c1cc2cc(Br)cnc2n(Cc2ncccn2)c1=O)c1ccc(F)cc1.CC1CCC(NC(=O)c2cc3cc(-c4ncccn4)cnc3n(CCN3CCOCC3)c2=O)CC1. The zero-order chi connectivity index (χ0) is 48.2. The van der Waals surface area contributed by atoms with E-state index in [1.165, 1.54) is 22.8 Å². The molecule has 2 N–H and O–H groups in total. The maximum Gasteiger partial charge on any atom is 0.265 e. The summed E-state index contributed by atoms with van der Waals surface area (Å²) < 4.78 is 22.4. The van der Waals surface area contributed by atoms with Crippen molar-refractivity contribution in [1.82, 2.24) is 54.6 Å². The normalized spacial score (nSPS) is 16.4. The van der Waals surface area contributed by atoms with Gasteiger partial charge in [0.25, 0.3) is 22.9 Å². The summed E-state index contributed by atoms with van der Waals surface area (Å²) in [6.07, 6.45) is 13.9. The second kappa shape index (κ2) is 23.4. The molecule has 1 unspecified atom stereocenters. The second-order valence-electron chi connectivity index (χ2n) is 16.5. The molecule has 1 atom stereocenters. The number of carbonyl (C=O) groups excluding carboxylic acids is 2. The highest BCUT2D eigenvalue weighted by molar-refractivity contribution is 9.10. The van der Waals surface area contributed by atoms with Crippen molar-refractivity contribution in [3.05, 3.63) is 151 Å². The first-order valence-electron chi connectivity index (χ1n) is 22.9. The summed E-state index contributed by atoms with van der Waals surface area (Å²) in [7, 11) is 0. The Bertz CT molecular complexity index is 2940. The van der Waals surface area contributed by atoms with Crippen molar-refractivity contribution >= 4 is 49.8 Å². The Hall–Kier alpha value is -6.63. The third-order valence-corrected chi connectivity index (χ3v) is 12.3. The summed E-state index contributed by atoms with van der Waals surface area (Å²) >= 11 is 3.37. The van der Waals surface area contributed by atoms with Gasteiger partial charge in [-0.25, -0.2) is 34.3 Å². The van der Waals surface area contributed by atoms with Gasteiger partial charge in [-0.2, -0.15) is 0 Å². The molecule has 0 bridgehead atoms. The smallest absolute Gasteiger partial charge is 0.265 e. The molecule has 0 radical (unpaired) electrons. The molecule has 9 rings (SSSR count). The predicted molar refractivity (Wildman–Crippen MR) is 262 cm³/mol. The van der Waals surface area contributed by atoms with Crippen LogP contribution < -0.4 is 21.8 Å². The summed E-state index contributed by atoms with van der Waals surface area (Å²) in [5.41, 5.74) is 1.77. The third-order valence-electron chi connectivity index (χ3n) is 11.9. The van der Waals surface area contributed by atoms with Crippen LogP contribution in [0, 0.1) is 11.7 Å². The summed E-state index contributed by atoms with van der Waals surface area (Å²) in [5.74, 6) is 0.458. The maximum absolute atomic E-state index is 13.5. The van der Waals surface area contributed by atoms with Crippen LogP contribution in [0.25, 0.3) is 33.5 Å². The number of benzene rings is 1. The summed E-state index contributed by atoms with van der Waals surface area (Å²) in [4.78, 5) is 81.2. The minimum Gasteiger partial charge on any atom is -0.379 e. The van der Waals surface area contributed by atoms with E-state index in [2.05, 4.69) is 68.3 Å². The molecule has 18 heteroatoms. The molecule has 7 aromatic rings. The number of aromatic nitrogens is 8. The second-order valence-corrected chi connectivity index (χ2v) is 17.5. The molecule has 1 saturated carbocycles. The van der Waals surface area contributed by atoms with E-state index in [9.17, 15) is 23.6 Å². The van der Waals surface area contributed by atoms with Gasteiger partial charge >= 0.3 is 0 Å². The van der Waals surface area contributed by atoms with Crippen LogP contribution in [0.4, 0.5) is 4.39 Å². The van der Waals surface area contributed by atoms with Crippen LogP contribution in [0.15, 0.2) is 112 Å². The molecule has 1 aliphatic heterocycles. The van der Waals surface area contributed by atoms with Gasteiger partial charge in [-0.05, 0) is 109 Å². The number of hydrogen-bond donors (Lipinski definition) is 2. The van der Waals surface area contributed by atoms with E-state index in [-0.39, 0.29) is 41.0 Å². The molecule has 0 spiro atoms. The fourth-order valence-corrected chi connectivity index (χ4v) is 8.50. The van der Waals surface area contributed by atoms with Gasteiger partial charge in [0.2, 0.25) is 0 Å². The largest absolute Gasteiger partial charge is 0.379 e. The maximum atomic E-state index is 13.5. The van der Waals surface area contributed by atoms with Gasteiger partial charge in [0.15, 0.2) is 5.82 Å². The van der Waals surface area contributed by atoms with E-state index in [4.69, 9.17) is 4.74 Å². The number of nitrogens with one attached hydrogen (secondary N) is 2. The van der Waals surface area contributed by atoms with Crippen LogP contribution in [0.5, 0.6) is 0 Å². The molecular formula is C50H55BrFN11O5. The van der Waals surface area contributed by atoms with Gasteiger partial charge in [0.1, 0.15) is 34.1 Å². The number of halogens is 2. The third kappa shape index (κ3) is 12.3. The monoisotopic (exact) mass is 987 g/mol. The van der Waals surface area contributed by atoms with E-state index < -0.39 is 17.5 Å². The Kier molecular flexibility index (Phi) is 17.0. The number of ether oxygens (including phenoxy) is 1. The zero-order valence-electron chi connectivity index (χ0n) is 38.6. The standard InChI is InChI=1S/C26H32N6O3.C22H17BrFN5O2.C2H6/c1-18-3-5-21(6-4-18)30-25(33)22-16-19-15-20(23-27-7-2-8-28-23)17-29-24(19)32(26(22)34)10-9-31-11-13-35-14-12-31;1-13(14-3-5-17(24)6-4-14)28-21(30)18-10-15-9-16(23)11-27-20(15)29(22(18)31)12-19-25-7-2-8-26-19;1-2/h2,7-8,15-18,21H,3-6,9-14H2,1H3,(H,30,33);2-11,13H,12H2,1H3,(H,28,30);1-2H3. The molecular weight excluding hydrogens is 934 g/mol. The van der Waals surface area contributed by atoms with Crippen molar-refractivity contribution in [2.24, 2.45) is 5.92 Å². The first kappa shape index (κ1) is 49.3. The van der Waals surface area contributed by atoms with Gasteiger partial charge in [-0.3, -0.25) is 33.2 Å². The number of fused-ring (bicyclic) bond motifs is 2. The Labute approximate surface area is 401 Å². The van der Waals surface area contributed by atoms with Gasteiger partial charge in [-0.1, -0.05) is 32.9 Å². The number of morpholine rings is 1. The van der Waals surface area contributed by atoms with Crippen molar-refractivity contribution < 1.29 is 18.7 Å². The highest BCUT2D eigenvalue weighted by Gasteiger charge is 2.24. The average Bonchev–Trinajstić information content (AvgIpc) is 3.36. The molecule has 2 aliphatic rings. The summed E-state index contributed by atoms with van der Waals surface area (Å²) in [6, 6.07) is 15.8. The first-order valence-corrected chi connectivity index (χ1v) is 23.7. The number of nitrogens with zero attached hydrogens (tertiary/aromatic N) is 9. The lowest BCUT2D eigenvalue weighted by Crippen LogP contribution is -2.42. The fourth-order valence-electron chi connectivity index (χ4n) is 8.15. The van der Waals surface area contributed by atoms with Gasteiger partial charge in [-0.15, -0.1) is 0 Å². The van der Waals surface area contributed by atoms with Crippen molar-refractivity contribution in [2.45, 2.75) is 78.6 Å². The number of carbonyl (C=O) groups is 2. The molecule has 2 fully saturated rings. The summed E-state index contributed by atoms with van der Waals surface area (Å²) in [5, 5.41) is 7.26. The molecule has 6 aromatic heterocycles. The Morgan fingerprint density at radius 1 is 0.765 bits per heavy atom. The zero-order valence-corrected chi connectivity index (χ0v) is 40.2. The van der Waals surface area contributed by atoms with E-state index in [0.29, 0.717) is 65.0 Å². The molecule has 1 aromatic carbocycles. The number of pyridine rings is 4. The van der Waals surface area contributed by atoms with Crippen LogP contribution in [-0.4, -0.2) is 94.6 Å². The molecule has 2 amide bonds. The van der Waals surface area contributed by atoms with E-state index in [0.717, 1.165) is 55.3 Å². The molecule has 1 aliphatic carbocycles. The molecule has 68 heavy (non-hydrogen) atoms. The van der Waals surface area contributed by atoms with Crippen molar-refractivity contribution in [2.75, 3.05) is 32.8 Å². The van der Waals surface area contributed by atoms with E-state index >= 15 is 0 Å². The van der Waals surface area contributed by atoms with Gasteiger partial charge in [0, 0.05) is 90.2 Å². The summed E-state index contributed by atoms with van der Waals surface area (Å²) in [6.45, 7) is 12.3. The highest BCUT2D eigenvalue weighted by atomic mass is 79.9. The van der Waals surface area contributed by atoms with Crippen molar-refractivity contribution in [3.63, 3.8) is 0 Å². The minimum atomic E-state index is -0.536. The fraction of sp³-hybridized carbons (Fsp3) is 0.360. The quantitative estimate of drug-likeness (QED) is 0.133. The Balaban J connectivity index is 0.000000196. The topological polar surface area (TPSA) is 192 Å². The lowest BCUT2D eigenvalue weighted by atomic mass is 9.87. The number of rotatable bonds is 11. The van der Waals surface area contributed by atoms with Crippen LogP contribution >= 0.6 is 15.9 Å². The highest BCUT2D eigenvalue weighted by Crippen LogP contribution is 2.25. The molecule has 354 valence electrons.